The molecule has 0 bridgehead atoms. The Hall–Kier alpha value is -1.84. The molecule has 2 unspecified atom stereocenters. The Morgan fingerprint density at radius 3 is 2.38 bits per heavy atom. The molecule has 45 heavy (non-hydrogen) atoms. The Labute approximate surface area is 277 Å². The third-order valence-electron chi connectivity index (χ3n) is 9.35. The van der Waals surface area contributed by atoms with Crippen LogP contribution in [0.2, 0.25) is 0 Å². The van der Waals surface area contributed by atoms with Gasteiger partial charge in [0.1, 0.15) is 17.7 Å². The van der Waals surface area contributed by atoms with Crippen molar-refractivity contribution in [2.75, 3.05) is 26.2 Å². The highest BCUT2D eigenvalue weighted by Gasteiger charge is 2.48. The summed E-state index contributed by atoms with van der Waals surface area (Å²) in [5, 5.41) is 3.87. The summed E-state index contributed by atoms with van der Waals surface area (Å²) < 4.78 is 36.1. The quantitative estimate of drug-likeness (QED) is 0.213. The maximum atomic E-state index is 13.5. The van der Waals surface area contributed by atoms with Crippen LogP contribution in [0.3, 0.4) is 0 Å². The van der Waals surface area contributed by atoms with Crippen LogP contribution in [-0.2, 0) is 20.4 Å². The van der Waals surface area contributed by atoms with Crippen LogP contribution < -0.4 is 16.0 Å². The van der Waals surface area contributed by atoms with E-state index in [2.05, 4.69) is 14.8 Å². The van der Waals surface area contributed by atoms with E-state index < -0.39 is 43.6 Å². The number of nitrogens with one attached hydrogen (secondary N) is 2. The molecule has 3 aliphatic rings. The summed E-state index contributed by atoms with van der Waals surface area (Å²) in [7, 11) is -3.62. The van der Waals surface area contributed by atoms with Gasteiger partial charge in [0.15, 0.2) is 0 Å². The van der Waals surface area contributed by atoms with Crippen molar-refractivity contribution >= 4 is 50.7 Å². The number of thiazole rings is 1. The van der Waals surface area contributed by atoms with Crippen LogP contribution in [0.15, 0.2) is 15.8 Å². The number of hydrogen-bond donors (Lipinski definition) is 2. The zero-order valence-electron chi connectivity index (χ0n) is 25.7. The standard InChI is InChI=1S/C29H42Cl2N6O6S2/c1-29(2,23-20(30)15-19(16-21(23)31)37-28(40)34-22(38)17-32-37)27-35-24(18-9-5-3-6-10-18)25(44-27)26(39)43-14-11-33-45(41,42)36-12-7-4-8-13-36/h17-21,23,33H,3-16H2,1-2H3,(H,34,38,40). The van der Waals surface area contributed by atoms with E-state index in [9.17, 15) is 22.8 Å². The smallest absolute Gasteiger partial charge is 0.350 e. The first kappa shape index (κ1) is 34.5. The zero-order chi connectivity index (χ0) is 32.4. The van der Waals surface area contributed by atoms with Crippen LogP contribution in [0, 0.1) is 5.92 Å². The first-order chi connectivity index (χ1) is 21.4. The summed E-state index contributed by atoms with van der Waals surface area (Å²) in [6.45, 7) is 4.94. The maximum Gasteiger partial charge on any atom is 0.350 e. The summed E-state index contributed by atoms with van der Waals surface area (Å²) in [4.78, 5) is 45.1. The van der Waals surface area contributed by atoms with Gasteiger partial charge in [-0.1, -0.05) is 39.5 Å². The molecule has 1 saturated heterocycles. The van der Waals surface area contributed by atoms with Gasteiger partial charge in [-0.15, -0.1) is 34.5 Å². The molecule has 3 heterocycles. The summed E-state index contributed by atoms with van der Waals surface area (Å²) in [5.74, 6) is -0.620. The second-order valence-electron chi connectivity index (χ2n) is 12.9. The number of aromatic nitrogens is 4. The van der Waals surface area contributed by atoms with E-state index in [4.69, 9.17) is 32.9 Å². The minimum Gasteiger partial charge on any atom is -0.460 e. The summed E-state index contributed by atoms with van der Waals surface area (Å²) in [6.07, 6.45) is 9.73. The Morgan fingerprint density at radius 2 is 1.73 bits per heavy atom. The van der Waals surface area contributed by atoms with Gasteiger partial charge in [-0.05, 0) is 38.5 Å². The third-order valence-corrected chi connectivity index (χ3v) is 13.3. The molecule has 2 aromatic heterocycles. The fraction of sp³-hybridized carbons (Fsp3) is 0.759. The first-order valence-electron chi connectivity index (χ1n) is 15.8. The van der Waals surface area contributed by atoms with Crippen molar-refractivity contribution in [3.8, 4) is 0 Å². The van der Waals surface area contributed by atoms with Gasteiger partial charge in [0.05, 0.1) is 16.7 Å². The number of carbonyl (C=O) groups excluding carboxylic acids is 1. The van der Waals surface area contributed by atoms with Gasteiger partial charge in [0.2, 0.25) is 0 Å². The van der Waals surface area contributed by atoms with E-state index >= 15 is 0 Å². The molecule has 0 aromatic carbocycles. The highest BCUT2D eigenvalue weighted by atomic mass is 35.5. The van der Waals surface area contributed by atoms with E-state index in [1.165, 1.54) is 20.3 Å². The average molecular weight is 706 g/mol. The predicted octanol–water partition coefficient (Wildman–Crippen LogP) is 4.06. The first-order valence-corrected chi connectivity index (χ1v) is 18.9. The van der Waals surface area contributed by atoms with Crippen LogP contribution in [0.1, 0.15) is 110 Å². The lowest BCUT2D eigenvalue weighted by molar-refractivity contribution is 0.0516. The molecular formula is C29H42Cl2N6O6S2. The fourth-order valence-electron chi connectivity index (χ4n) is 6.99. The van der Waals surface area contributed by atoms with Gasteiger partial charge in [-0.2, -0.15) is 22.5 Å². The molecule has 5 rings (SSSR count). The van der Waals surface area contributed by atoms with Crippen LogP contribution in [-0.4, -0.2) is 75.4 Å². The number of ether oxygens (including phenoxy) is 1. The molecule has 0 spiro atoms. The van der Waals surface area contributed by atoms with Gasteiger partial charge in [-0.3, -0.25) is 9.78 Å². The summed E-state index contributed by atoms with van der Waals surface area (Å²) in [5.41, 5.74) is -1.06. The number of esters is 1. The second-order valence-corrected chi connectivity index (χ2v) is 16.7. The number of carbonyl (C=O) groups is 1. The number of piperidine rings is 1. The molecule has 3 fully saturated rings. The van der Waals surface area contributed by atoms with E-state index in [1.54, 1.807) is 0 Å². The van der Waals surface area contributed by atoms with Crippen molar-refractivity contribution < 1.29 is 17.9 Å². The minimum absolute atomic E-state index is 0.0150. The zero-order valence-corrected chi connectivity index (χ0v) is 28.8. The van der Waals surface area contributed by atoms with Crippen LogP contribution >= 0.6 is 34.5 Å². The van der Waals surface area contributed by atoms with Gasteiger partial charge >= 0.3 is 11.7 Å². The van der Waals surface area contributed by atoms with Crippen LogP contribution in [0.5, 0.6) is 0 Å². The van der Waals surface area contributed by atoms with Gasteiger partial charge in [-0.25, -0.2) is 19.3 Å². The van der Waals surface area contributed by atoms with Crippen molar-refractivity contribution in [1.29, 1.82) is 0 Å². The van der Waals surface area contributed by atoms with E-state index in [0.29, 0.717) is 30.8 Å². The Kier molecular flexibility index (Phi) is 11.1. The Bertz CT molecular complexity index is 1550. The second kappa shape index (κ2) is 14.5. The molecule has 250 valence electrons. The minimum atomic E-state index is -3.62. The molecule has 0 amide bonds. The van der Waals surface area contributed by atoms with Gasteiger partial charge < -0.3 is 4.74 Å². The lowest BCUT2D eigenvalue weighted by Crippen LogP contribution is -2.48. The van der Waals surface area contributed by atoms with Crippen LogP contribution in [0.25, 0.3) is 0 Å². The van der Waals surface area contributed by atoms with Crippen molar-refractivity contribution in [2.24, 2.45) is 5.92 Å². The number of H-pyrrole nitrogens is 1. The van der Waals surface area contributed by atoms with Crippen molar-refractivity contribution in [1.82, 2.24) is 28.8 Å². The molecule has 16 heteroatoms. The maximum absolute atomic E-state index is 13.5. The molecule has 2 N–H and O–H groups in total. The fourth-order valence-corrected chi connectivity index (χ4v) is 10.9. The molecule has 2 aromatic rings. The lowest BCUT2D eigenvalue weighted by atomic mass is 9.69. The Morgan fingerprint density at radius 1 is 1.09 bits per heavy atom. The van der Waals surface area contributed by atoms with Gasteiger partial charge in [0.25, 0.3) is 15.8 Å². The van der Waals surface area contributed by atoms with Crippen molar-refractivity contribution in [3.05, 3.63) is 42.6 Å². The largest absolute Gasteiger partial charge is 0.460 e. The highest BCUT2D eigenvalue weighted by molar-refractivity contribution is 7.87. The van der Waals surface area contributed by atoms with Crippen molar-refractivity contribution in [2.45, 2.75) is 106 Å². The number of rotatable bonds is 10. The normalized spacial score (nSPS) is 25.7. The number of hydrogen-bond acceptors (Lipinski definition) is 9. The molecule has 12 nitrogen and oxygen atoms in total. The topological polar surface area (TPSA) is 156 Å². The molecule has 0 radical (unpaired) electrons. The predicted molar refractivity (Wildman–Crippen MR) is 174 cm³/mol. The third kappa shape index (κ3) is 7.83. The van der Waals surface area contributed by atoms with E-state index in [1.807, 2.05) is 13.8 Å². The summed E-state index contributed by atoms with van der Waals surface area (Å²) >= 11 is 15.3. The molecule has 1 aliphatic heterocycles. The van der Waals surface area contributed by atoms with E-state index in [0.717, 1.165) is 68.3 Å². The number of halogens is 2. The number of aromatic amines is 1. The summed E-state index contributed by atoms with van der Waals surface area (Å²) in [6, 6.07) is -0.377. The molecule has 2 saturated carbocycles. The molecule has 2 atom stereocenters. The average Bonchev–Trinajstić information content (AvgIpc) is 3.47. The van der Waals surface area contributed by atoms with Crippen molar-refractivity contribution in [3.63, 3.8) is 0 Å². The lowest BCUT2D eigenvalue weighted by Gasteiger charge is -2.44. The highest BCUT2D eigenvalue weighted by Crippen LogP contribution is 2.49. The molecular weight excluding hydrogens is 663 g/mol. The monoisotopic (exact) mass is 704 g/mol. The Balaban J connectivity index is 1.31. The van der Waals surface area contributed by atoms with Crippen LogP contribution in [0.4, 0.5) is 0 Å². The number of nitrogens with zero attached hydrogens (tertiary/aromatic N) is 4. The van der Waals surface area contributed by atoms with Gasteiger partial charge in [0, 0.05) is 47.6 Å². The van der Waals surface area contributed by atoms with E-state index in [-0.39, 0.29) is 31.0 Å². The molecule has 2 aliphatic carbocycles. The SMILES string of the molecule is CC(C)(c1nc(C2CCCCC2)c(C(=O)OCCNS(=O)(=O)N2CCCCC2)s1)C1C(Cl)CC(n2ncc(=O)[nH]c2=O)CC1Cl. The number of alkyl halides is 2.